The Balaban J connectivity index is 1.61. The van der Waals surface area contributed by atoms with Crippen molar-refractivity contribution in [2.24, 2.45) is 5.10 Å². The lowest BCUT2D eigenvalue weighted by Gasteiger charge is -2.08. The van der Waals surface area contributed by atoms with Gasteiger partial charge in [0.15, 0.2) is 5.82 Å². The summed E-state index contributed by atoms with van der Waals surface area (Å²) in [4.78, 5) is 17.5. The van der Waals surface area contributed by atoms with Gasteiger partial charge in [0.25, 0.3) is 0 Å². The normalized spacial score (nSPS) is 10.9. The predicted molar refractivity (Wildman–Crippen MR) is 120 cm³/mol. The second kappa shape index (κ2) is 9.11. The van der Waals surface area contributed by atoms with Crippen molar-refractivity contribution >= 4 is 35.4 Å². The minimum Gasteiger partial charge on any atom is -0.323 e. The van der Waals surface area contributed by atoms with Crippen molar-refractivity contribution in [2.45, 2.75) is 6.92 Å². The molecule has 2 aromatic carbocycles. The first-order valence-corrected chi connectivity index (χ1v) is 9.59. The summed E-state index contributed by atoms with van der Waals surface area (Å²) in [5.41, 5.74) is 6.62. The second-order valence-electron chi connectivity index (χ2n) is 6.45. The van der Waals surface area contributed by atoms with E-state index in [1.807, 2.05) is 61.5 Å². The Morgan fingerprint density at radius 1 is 0.867 bits per heavy atom. The Morgan fingerprint density at radius 3 is 2.37 bits per heavy atom. The van der Waals surface area contributed by atoms with Gasteiger partial charge in [-0.1, -0.05) is 71.8 Å². The lowest BCUT2D eigenvalue weighted by Crippen LogP contribution is -2.05. The van der Waals surface area contributed by atoms with E-state index in [1.54, 1.807) is 24.5 Å². The average molecular weight is 416 g/mol. The van der Waals surface area contributed by atoms with E-state index in [2.05, 4.69) is 35.8 Å². The number of halogens is 1. The summed E-state index contributed by atoms with van der Waals surface area (Å²) >= 11 is 5.86. The number of aryl methyl sites for hydroxylation is 1. The fourth-order valence-corrected chi connectivity index (χ4v) is 2.71. The third kappa shape index (κ3) is 5.15. The van der Waals surface area contributed by atoms with E-state index >= 15 is 0 Å². The van der Waals surface area contributed by atoms with Crippen molar-refractivity contribution in [3.8, 4) is 11.4 Å². The minimum absolute atomic E-state index is 0.316. The van der Waals surface area contributed by atoms with E-state index in [-0.39, 0.29) is 0 Å². The van der Waals surface area contributed by atoms with E-state index in [0.29, 0.717) is 28.6 Å². The molecule has 8 heteroatoms. The first kappa shape index (κ1) is 19.5. The van der Waals surface area contributed by atoms with Crippen molar-refractivity contribution in [3.05, 3.63) is 89.2 Å². The number of nitrogens with zero attached hydrogens (tertiary/aromatic N) is 5. The predicted octanol–water partition coefficient (Wildman–Crippen LogP) is 5.09. The molecule has 0 aliphatic heterocycles. The maximum atomic E-state index is 5.86. The third-order valence-corrected chi connectivity index (χ3v) is 4.33. The molecular weight excluding hydrogens is 398 g/mol. The summed E-state index contributed by atoms with van der Waals surface area (Å²) in [6, 6.07) is 21.2. The monoisotopic (exact) mass is 415 g/mol. The molecule has 0 amide bonds. The zero-order valence-electron chi connectivity index (χ0n) is 16.1. The zero-order valence-corrected chi connectivity index (χ0v) is 16.9. The number of nitrogens with one attached hydrogen (secondary N) is 2. The van der Waals surface area contributed by atoms with Crippen LogP contribution >= 0.6 is 11.6 Å². The van der Waals surface area contributed by atoms with Crippen LogP contribution in [-0.2, 0) is 0 Å². The summed E-state index contributed by atoms with van der Waals surface area (Å²) in [6.07, 6.45) is 3.32. The summed E-state index contributed by atoms with van der Waals surface area (Å²) in [5, 5.41) is 7.78. The minimum atomic E-state index is 0.316. The van der Waals surface area contributed by atoms with E-state index in [9.17, 15) is 0 Å². The van der Waals surface area contributed by atoms with Crippen LogP contribution in [0.5, 0.6) is 0 Å². The lowest BCUT2D eigenvalue weighted by molar-refractivity contribution is 1.04. The Bertz CT molecular complexity index is 1140. The molecule has 7 nitrogen and oxygen atoms in total. The molecule has 4 aromatic rings. The second-order valence-corrected chi connectivity index (χ2v) is 6.83. The lowest BCUT2D eigenvalue weighted by atomic mass is 10.2. The highest BCUT2D eigenvalue weighted by Crippen LogP contribution is 2.20. The van der Waals surface area contributed by atoms with Crippen LogP contribution in [-0.4, -0.2) is 26.2 Å². The number of hydrogen-bond donors (Lipinski definition) is 2. The van der Waals surface area contributed by atoms with Crippen molar-refractivity contribution in [3.63, 3.8) is 0 Å². The first-order valence-electron chi connectivity index (χ1n) is 9.21. The molecule has 0 saturated heterocycles. The third-order valence-electron chi connectivity index (χ3n) is 4.11. The highest BCUT2D eigenvalue weighted by atomic mass is 35.5. The summed E-state index contributed by atoms with van der Waals surface area (Å²) < 4.78 is 0. The highest BCUT2D eigenvalue weighted by molar-refractivity contribution is 6.29. The van der Waals surface area contributed by atoms with Gasteiger partial charge < -0.3 is 5.32 Å². The molecule has 0 radical (unpaired) electrons. The molecule has 30 heavy (non-hydrogen) atoms. The molecule has 0 aliphatic rings. The molecular formula is C22H18ClN7. The van der Waals surface area contributed by atoms with Crippen LogP contribution in [0.15, 0.2) is 78.0 Å². The average Bonchev–Trinajstić information content (AvgIpc) is 2.77. The molecule has 4 rings (SSSR count). The van der Waals surface area contributed by atoms with Crippen molar-refractivity contribution in [1.82, 2.24) is 19.9 Å². The van der Waals surface area contributed by atoms with Gasteiger partial charge in [-0.3, -0.25) is 0 Å². The van der Waals surface area contributed by atoms with Crippen molar-refractivity contribution in [2.75, 3.05) is 10.7 Å². The van der Waals surface area contributed by atoms with E-state index in [1.165, 1.54) is 5.56 Å². The van der Waals surface area contributed by atoms with Crippen LogP contribution in [0.1, 0.15) is 11.1 Å². The number of rotatable bonds is 6. The Kier molecular flexibility index (Phi) is 5.91. The van der Waals surface area contributed by atoms with Crippen LogP contribution in [0.2, 0.25) is 5.15 Å². The van der Waals surface area contributed by atoms with Gasteiger partial charge in [-0.2, -0.15) is 20.1 Å². The van der Waals surface area contributed by atoms with Crippen molar-refractivity contribution < 1.29 is 0 Å². The SMILES string of the molecule is Cc1ccc(C=NNc2nc(Nc3ccc(Cl)nc3)nc(-c3ccccc3)n2)cc1. The fourth-order valence-electron chi connectivity index (χ4n) is 2.59. The molecule has 0 unspecified atom stereocenters. The molecule has 0 atom stereocenters. The number of pyridine rings is 1. The molecule has 0 bridgehead atoms. The van der Waals surface area contributed by atoms with Gasteiger partial charge in [0.1, 0.15) is 5.15 Å². The molecule has 148 valence electrons. The topological polar surface area (TPSA) is 88.0 Å². The molecule has 0 aliphatic carbocycles. The maximum absolute atomic E-state index is 5.86. The van der Waals surface area contributed by atoms with Crippen LogP contribution in [0.4, 0.5) is 17.6 Å². The first-order chi connectivity index (χ1) is 14.7. The summed E-state index contributed by atoms with van der Waals surface area (Å²) in [7, 11) is 0. The zero-order chi connectivity index (χ0) is 20.8. The van der Waals surface area contributed by atoms with Gasteiger partial charge in [-0.25, -0.2) is 10.4 Å². The Morgan fingerprint density at radius 2 is 1.63 bits per heavy atom. The molecule has 0 fully saturated rings. The van der Waals surface area contributed by atoms with E-state index in [4.69, 9.17) is 11.6 Å². The summed E-state index contributed by atoms with van der Waals surface area (Å²) in [6.45, 7) is 2.04. The maximum Gasteiger partial charge on any atom is 0.248 e. The van der Waals surface area contributed by atoms with E-state index < -0.39 is 0 Å². The van der Waals surface area contributed by atoms with Gasteiger partial charge in [0, 0.05) is 5.56 Å². The van der Waals surface area contributed by atoms with Gasteiger partial charge in [0.2, 0.25) is 11.9 Å². The number of hydrogen-bond acceptors (Lipinski definition) is 7. The van der Waals surface area contributed by atoms with Gasteiger partial charge in [-0.05, 0) is 24.6 Å². The van der Waals surface area contributed by atoms with Crippen LogP contribution in [0.3, 0.4) is 0 Å². The molecule has 2 N–H and O–H groups in total. The Labute approximate surface area is 178 Å². The molecule has 2 aromatic heterocycles. The van der Waals surface area contributed by atoms with Gasteiger partial charge >= 0.3 is 0 Å². The van der Waals surface area contributed by atoms with Gasteiger partial charge in [0.05, 0.1) is 18.1 Å². The van der Waals surface area contributed by atoms with Gasteiger partial charge in [-0.15, -0.1) is 0 Å². The number of benzene rings is 2. The van der Waals surface area contributed by atoms with Crippen LogP contribution in [0, 0.1) is 6.92 Å². The standard InChI is InChI=1S/C22H18ClN7/c1-15-7-9-16(10-8-15)13-25-30-22-28-20(17-5-3-2-4-6-17)27-21(29-22)26-18-11-12-19(23)24-14-18/h2-14H,1H3,(H2,26,27,28,29,30). The summed E-state index contributed by atoms with van der Waals surface area (Å²) in [5.74, 6) is 1.20. The number of anilines is 3. The number of hydrazone groups is 1. The quantitative estimate of drug-likeness (QED) is 0.259. The largest absolute Gasteiger partial charge is 0.323 e. The van der Waals surface area contributed by atoms with Crippen LogP contribution in [0.25, 0.3) is 11.4 Å². The number of aromatic nitrogens is 4. The Hall–Kier alpha value is -3.84. The fraction of sp³-hybridized carbons (Fsp3) is 0.0455. The smallest absolute Gasteiger partial charge is 0.248 e. The van der Waals surface area contributed by atoms with E-state index in [0.717, 1.165) is 11.1 Å². The molecule has 2 heterocycles. The van der Waals surface area contributed by atoms with Crippen LogP contribution < -0.4 is 10.7 Å². The highest BCUT2D eigenvalue weighted by Gasteiger charge is 2.09. The molecule has 0 saturated carbocycles. The molecule has 0 spiro atoms. The van der Waals surface area contributed by atoms with Crippen molar-refractivity contribution in [1.29, 1.82) is 0 Å².